The summed E-state index contributed by atoms with van der Waals surface area (Å²) in [5.41, 5.74) is 0.866. The van der Waals surface area contributed by atoms with E-state index in [1.807, 2.05) is 19.1 Å². The molecular weight excluding hydrogens is 192 g/mol. The van der Waals surface area contributed by atoms with E-state index in [1.54, 1.807) is 27.0 Å². The number of aliphatic carboxylic acids is 1. The third-order valence-electron chi connectivity index (χ3n) is 2.54. The molecule has 1 aromatic rings. The van der Waals surface area contributed by atoms with Gasteiger partial charge in [0.05, 0.1) is 12.5 Å². The van der Waals surface area contributed by atoms with Crippen molar-refractivity contribution in [2.45, 2.75) is 26.2 Å². The molecule has 0 aliphatic rings. The van der Waals surface area contributed by atoms with Gasteiger partial charge in [-0.1, -0.05) is 6.07 Å². The predicted octanol–water partition coefficient (Wildman–Crippen LogP) is 2.37. The van der Waals surface area contributed by atoms with Gasteiger partial charge in [-0.2, -0.15) is 0 Å². The van der Waals surface area contributed by atoms with Crippen molar-refractivity contribution in [1.82, 2.24) is 0 Å². The Labute approximate surface area is 89.7 Å². The number of carboxylic acids is 1. The monoisotopic (exact) mass is 208 g/mol. The van der Waals surface area contributed by atoms with Crippen LogP contribution in [0.1, 0.15) is 25.0 Å². The average molecular weight is 208 g/mol. The van der Waals surface area contributed by atoms with Crippen molar-refractivity contribution in [3.8, 4) is 5.75 Å². The summed E-state index contributed by atoms with van der Waals surface area (Å²) in [7, 11) is 1.58. The van der Waals surface area contributed by atoms with E-state index in [1.165, 1.54) is 0 Å². The number of methoxy groups -OCH3 is 1. The van der Waals surface area contributed by atoms with E-state index in [0.29, 0.717) is 5.75 Å². The van der Waals surface area contributed by atoms with Gasteiger partial charge in [0.1, 0.15) is 5.75 Å². The molecule has 0 aliphatic carbocycles. The predicted molar refractivity (Wildman–Crippen MR) is 58.4 cm³/mol. The first-order valence-electron chi connectivity index (χ1n) is 4.77. The van der Waals surface area contributed by atoms with Gasteiger partial charge in [0, 0.05) is 0 Å². The van der Waals surface area contributed by atoms with Gasteiger partial charge in [0.15, 0.2) is 0 Å². The molecule has 0 atom stereocenters. The van der Waals surface area contributed by atoms with E-state index < -0.39 is 11.4 Å². The standard InChI is InChI=1S/C12H16O3/c1-8-5-9(7-10(6-8)15-4)12(2,3)11(13)14/h5-7H,1-4H3,(H,13,14). The Kier molecular flexibility index (Phi) is 3.03. The lowest BCUT2D eigenvalue weighted by molar-refractivity contribution is -0.142. The van der Waals surface area contributed by atoms with E-state index in [-0.39, 0.29) is 0 Å². The molecule has 1 rings (SSSR count). The Bertz CT molecular complexity index is 380. The summed E-state index contributed by atoms with van der Waals surface area (Å²) in [6.07, 6.45) is 0. The van der Waals surface area contributed by atoms with Crippen LogP contribution in [0, 0.1) is 6.92 Å². The molecule has 15 heavy (non-hydrogen) atoms. The van der Waals surface area contributed by atoms with Crippen LogP contribution in [0.15, 0.2) is 18.2 Å². The van der Waals surface area contributed by atoms with Crippen LogP contribution < -0.4 is 4.74 Å². The second-order valence-corrected chi connectivity index (χ2v) is 4.17. The molecule has 0 aromatic heterocycles. The first-order valence-corrected chi connectivity index (χ1v) is 4.77. The maximum Gasteiger partial charge on any atom is 0.313 e. The van der Waals surface area contributed by atoms with Crippen molar-refractivity contribution in [3.63, 3.8) is 0 Å². The second kappa shape index (κ2) is 3.93. The Balaban J connectivity index is 3.25. The van der Waals surface area contributed by atoms with Crippen LogP contribution >= 0.6 is 0 Å². The van der Waals surface area contributed by atoms with Crippen LogP contribution in [0.2, 0.25) is 0 Å². The van der Waals surface area contributed by atoms with Gasteiger partial charge in [-0.05, 0) is 44.0 Å². The van der Waals surface area contributed by atoms with Crippen LogP contribution in [0.25, 0.3) is 0 Å². The molecule has 0 heterocycles. The summed E-state index contributed by atoms with van der Waals surface area (Å²) < 4.78 is 5.12. The molecule has 0 saturated carbocycles. The van der Waals surface area contributed by atoms with E-state index >= 15 is 0 Å². The molecule has 82 valence electrons. The fraction of sp³-hybridized carbons (Fsp3) is 0.417. The number of ether oxygens (including phenoxy) is 1. The quantitative estimate of drug-likeness (QED) is 0.829. The minimum Gasteiger partial charge on any atom is -0.497 e. The average Bonchev–Trinajstić information content (AvgIpc) is 2.16. The van der Waals surface area contributed by atoms with Gasteiger partial charge in [0.25, 0.3) is 0 Å². The van der Waals surface area contributed by atoms with Crippen molar-refractivity contribution in [1.29, 1.82) is 0 Å². The number of aryl methyl sites for hydroxylation is 1. The molecule has 0 aliphatic heterocycles. The zero-order chi connectivity index (χ0) is 11.6. The Morgan fingerprint density at radius 1 is 1.33 bits per heavy atom. The summed E-state index contributed by atoms with van der Waals surface area (Å²) in [5.74, 6) is -0.144. The highest BCUT2D eigenvalue weighted by Crippen LogP contribution is 2.28. The van der Waals surface area contributed by atoms with Crippen molar-refractivity contribution >= 4 is 5.97 Å². The third kappa shape index (κ3) is 2.29. The molecule has 0 fully saturated rings. The lowest BCUT2D eigenvalue weighted by Crippen LogP contribution is -2.28. The topological polar surface area (TPSA) is 46.5 Å². The molecule has 3 nitrogen and oxygen atoms in total. The second-order valence-electron chi connectivity index (χ2n) is 4.17. The number of benzene rings is 1. The normalized spacial score (nSPS) is 11.2. The lowest BCUT2D eigenvalue weighted by atomic mass is 9.84. The highest BCUT2D eigenvalue weighted by atomic mass is 16.5. The van der Waals surface area contributed by atoms with E-state index in [4.69, 9.17) is 9.84 Å². The van der Waals surface area contributed by atoms with Crippen molar-refractivity contribution in [3.05, 3.63) is 29.3 Å². The van der Waals surface area contributed by atoms with Gasteiger partial charge in [-0.25, -0.2) is 0 Å². The minimum absolute atomic E-state index is 0.694. The number of hydrogen-bond donors (Lipinski definition) is 1. The smallest absolute Gasteiger partial charge is 0.313 e. The van der Waals surface area contributed by atoms with E-state index in [9.17, 15) is 4.79 Å². The van der Waals surface area contributed by atoms with Crippen LogP contribution in [0.3, 0.4) is 0 Å². The van der Waals surface area contributed by atoms with E-state index in [0.717, 1.165) is 11.1 Å². The van der Waals surface area contributed by atoms with Gasteiger partial charge in [0.2, 0.25) is 0 Å². The van der Waals surface area contributed by atoms with Crippen molar-refractivity contribution < 1.29 is 14.6 Å². The Morgan fingerprint density at radius 2 is 1.93 bits per heavy atom. The SMILES string of the molecule is COc1cc(C)cc(C(C)(C)C(=O)O)c1. The number of rotatable bonds is 3. The van der Waals surface area contributed by atoms with Crippen LogP contribution in [0.5, 0.6) is 5.75 Å². The first kappa shape index (κ1) is 11.6. The largest absolute Gasteiger partial charge is 0.497 e. The molecule has 0 radical (unpaired) electrons. The van der Waals surface area contributed by atoms with Crippen LogP contribution in [-0.4, -0.2) is 18.2 Å². The fourth-order valence-electron chi connectivity index (χ4n) is 1.35. The van der Waals surface area contributed by atoms with Gasteiger partial charge in [-0.15, -0.1) is 0 Å². The molecule has 0 amide bonds. The van der Waals surface area contributed by atoms with Crippen molar-refractivity contribution in [2.75, 3.05) is 7.11 Å². The highest BCUT2D eigenvalue weighted by Gasteiger charge is 2.29. The molecular formula is C12H16O3. The van der Waals surface area contributed by atoms with Crippen molar-refractivity contribution in [2.24, 2.45) is 0 Å². The summed E-state index contributed by atoms with van der Waals surface area (Å²) in [6, 6.07) is 5.51. The number of carbonyl (C=O) groups is 1. The first-order chi connectivity index (χ1) is 6.87. The fourth-order valence-corrected chi connectivity index (χ4v) is 1.35. The highest BCUT2D eigenvalue weighted by molar-refractivity contribution is 5.80. The molecule has 0 unspecified atom stereocenters. The maximum absolute atomic E-state index is 11.1. The number of hydrogen-bond acceptors (Lipinski definition) is 2. The third-order valence-corrected chi connectivity index (χ3v) is 2.54. The summed E-state index contributed by atoms with van der Waals surface area (Å²) in [6.45, 7) is 5.29. The van der Waals surface area contributed by atoms with Gasteiger partial charge >= 0.3 is 5.97 Å². The molecule has 0 bridgehead atoms. The molecule has 1 aromatic carbocycles. The Hall–Kier alpha value is -1.51. The minimum atomic E-state index is -0.890. The van der Waals surface area contributed by atoms with Crippen LogP contribution in [0.4, 0.5) is 0 Å². The zero-order valence-corrected chi connectivity index (χ0v) is 9.50. The summed E-state index contributed by atoms with van der Waals surface area (Å²) >= 11 is 0. The van der Waals surface area contributed by atoms with Crippen LogP contribution in [-0.2, 0) is 10.2 Å². The number of carboxylic acid groups (broad SMARTS) is 1. The maximum atomic E-state index is 11.1. The zero-order valence-electron chi connectivity index (χ0n) is 9.50. The Morgan fingerprint density at radius 3 is 2.40 bits per heavy atom. The molecule has 3 heteroatoms. The summed E-state index contributed by atoms with van der Waals surface area (Å²) in [5, 5.41) is 9.11. The van der Waals surface area contributed by atoms with Gasteiger partial charge in [-0.3, -0.25) is 4.79 Å². The molecule has 1 N–H and O–H groups in total. The summed E-state index contributed by atoms with van der Waals surface area (Å²) in [4.78, 5) is 11.1. The lowest BCUT2D eigenvalue weighted by Gasteiger charge is -2.20. The van der Waals surface area contributed by atoms with E-state index in [2.05, 4.69) is 0 Å². The van der Waals surface area contributed by atoms with Gasteiger partial charge < -0.3 is 9.84 Å². The molecule has 0 saturated heterocycles. The molecule has 0 spiro atoms.